The zero-order valence-electron chi connectivity index (χ0n) is 14.3. The Morgan fingerprint density at radius 1 is 1.09 bits per heavy atom. The van der Waals surface area contributed by atoms with Crippen LogP contribution in [-0.2, 0) is 10.0 Å². The number of rotatable bonds is 4. The van der Waals surface area contributed by atoms with Gasteiger partial charge in [0.1, 0.15) is 0 Å². The molecule has 0 atom stereocenters. The van der Waals surface area contributed by atoms with Crippen LogP contribution >= 0.6 is 0 Å². The standard InChI is InChI=1S/C17H28N2O2S/c1-12(2)18-16-6-8-19(9-7-16)22(20,21)17-14(4)10-13(3)11-15(17)5/h10-12,16,18H,6-9H2,1-5H3. The maximum absolute atomic E-state index is 13.0. The highest BCUT2D eigenvalue weighted by molar-refractivity contribution is 7.89. The van der Waals surface area contributed by atoms with E-state index in [-0.39, 0.29) is 0 Å². The Hall–Kier alpha value is -0.910. The second kappa shape index (κ2) is 6.69. The van der Waals surface area contributed by atoms with Crippen molar-refractivity contribution in [1.82, 2.24) is 9.62 Å². The van der Waals surface area contributed by atoms with Crippen molar-refractivity contribution in [3.05, 3.63) is 28.8 Å². The van der Waals surface area contributed by atoms with Gasteiger partial charge in [-0.15, -0.1) is 0 Å². The van der Waals surface area contributed by atoms with Gasteiger partial charge in [0.25, 0.3) is 0 Å². The van der Waals surface area contributed by atoms with Crippen LogP contribution in [0.15, 0.2) is 17.0 Å². The van der Waals surface area contributed by atoms with Crippen molar-refractivity contribution in [1.29, 1.82) is 0 Å². The summed E-state index contributed by atoms with van der Waals surface area (Å²) < 4.78 is 27.6. The van der Waals surface area contributed by atoms with Crippen molar-refractivity contribution in [3.8, 4) is 0 Å². The number of hydrogen-bond donors (Lipinski definition) is 1. The number of benzene rings is 1. The van der Waals surface area contributed by atoms with E-state index in [0.717, 1.165) is 29.5 Å². The summed E-state index contributed by atoms with van der Waals surface area (Å²) in [7, 11) is -3.39. The first-order chi connectivity index (χ1) is 10.2. The normalized spacial score (nSPS) is 18.1. The van der Waals surface area contributed by atoms with Gasteiger partial charge in [-0.1, -0.05) is 31.5 Å². The smallest absolute Gasteiger partial charge is 0.243 e. The molecule has 4 nitrogen and oxygen atoms in total. The number of aryl methyl sites for hydroxylation is 3. The number of hydrogen-bond acceptors (Lipinski definition) is 3. The van der Waals surface area contributed by atoms with Crippen LogP contribution in [0.25, 0.3) is 0 Å². The average molecular weight is 324 g/mol. The number of nitrogens with one attached hydrogen (secondary N) is 1. The van der Waals surface area contributed by atoms with Crippen LogP contribution in [0.5, 0.6) is 0 Å². The minimum atomic E-state index is -3.39. The third-order valence-electron chi connectivity index (χ3n) is 4.23. The minimum Gasteiger partial charge on any atom is -0.312 e. The first kappa shape index (κ1) is 17.4. The third kappa shape index (κ3) is 3.70. The molecule has 0 radical (unpaired) electrons. The summed E-state index contributed by atoms with van der Waals surface area (Å²) in [5.74, 6) is 0. The molecule has 1 N–H and O–H groups in total. The second-order valence-electron chi connectivity index (χ2n) is 6.73. The minimum absolute atomic E-state index is 0.423. The quantitative estimate of drug-likeness (QED) is 0.926. The van der Waals surface area contributed by atoms with Crippen LogP contribution in [0, 0.1) is 20.8 Å². The van der Waals surface area contributed by atoms with E-state index < -0.39 is 10.0 Å². The maximum atomic E-state index is 13.0. The molecule has 1 saturated heterocycles. The van der Waals surface area contributed by atoms with E-state index in [9.17, 15) is 8.42 Å². The Morgan fingerprint density at radius 2 is 1.59 bits per heavy atom. The Labute approximate surface area is 135 Å². The van der Waals surface area contributed by atoms with Crippen LogP contribution in [-0.4, -0.2) is 37.9 Å². The van der Waals surface area contributed by atoms with Crippen LogP contribution in [0.3, 0.4) is 0 Å². The van der Waals surface area contributed by atoms with Gasteiger partial charge in [0.05, 0.1) is 4.90 Å². The van der Waals surface area contributed by atoms with Gasteiger partial charge in [-0.25, -0.2) is 8.42 Å². The monoisotopic (exact) mass is 324 g/mol. The lowest BCUT2D eigenvalue weighted by Crippen LogP contribution is -2.46. The molecule has 0 bridgehead atoms. The molecule has 1 fully saturated rings. The highest BCUT2D eigenvalue weighted by Crippen LogP contribution is 2.27. The number of piperidine rings is 1. The van der Waals surface area contributed by atoms with E-state index in [2.05, 4.69) is 19.2 Å². The summed E-state index contributed by atoms with van der Waals surface area (Å²) in [4.78, 5) is 0.494. The SMILES string of the molecule is Cc1cc(C)c(S(=O)(=O)N2CCC(NC(C)C)CC2)c(C)c1. The molecule has 0 saturated carbocycles. The van der Waals surface area contributed by atoms with E-state index >= 15 is 0 Å². The summed E-state index contributed by atoms with van der Waals surface area (Å²) in [6.07, 6.45) is 1.75. The lowest BCUT2D eigenvalue weighted by molar-refractivity contribution is 0.279. The van der Waals surface area contributed by atoms with Crippen molar-refractivity contribution in [2.45, 2.75) is 64.4 Å². The van der Waals surface area contributed by atoms with E-state index in [1.54, 1.807) is 4.31 Å². The van der Waals surface area contributed by atoms with Crippen molar-refractivity contribution < 1.29 is 8.42 Å². The number of nitrogens with zero attached hydrogens (tertiary/aromatic N) is 1. The average Bonchev–Trinajstić information content (AvgIpc) is 2.36. The molecule has 22 heavy (non-hydrogen) atoms. The van der Waals surface area contributed by atoms with Crippen LogP contribution in [0.4, 0.5) is 0 Å². The molecule has 1 aromatic rings. The molecule has 124 valence electrons. The van der Waals surface area contributed by atoms with Gasteiger partial charge >= 0.3 is 0 Å². The summed E-state index contributed by atoms with van der Waals surface area (Å²) in [6.45, 7) is 11.2. The van der Waals surface area contributed by atoms with Crippen molar-refractivity contribution >= 4 is 10.0 Å². The fourth-order valence-corrected chi connectivity index (χ4v) is 5.32. The third-order valence-corrected chi connectivity index (χ3v) is 6.43. The highest BCUT2D eigenvalue weighted by atomic mass is 32.2. The Morgan fingerprint density at radius 3 is 2.05 bits per heavy atom. The summed E-state index contributed by atoms with van der Waals surface area (Å²) >= 11 is 0. The van der Waals surface area contributed by atoms with Crippen LogP contribution in [0.2, 0.25) is 0 Å². The lowest BCUT2D eigenvalue weighted by Gasteiger charge is -2.33. The van der Waals surface area contributed by atoms with E-state index in [4.69, 9.17) is 0 Å². The highest BCUT2D eigenvalue weighted by Gasteiger charge is 2.31. The topological polar surface area (TPSA) is 49.4 Å². The molecule has 1 aliphatic rings. The predicted molar refractivity (Wildman–Crippen MR) is 90.7 cm³/mol. The molecule has 0 amide bonds. The van der Waals surface area contributed by atoms with Crippen molar-refractivity contribution in [3.63, 3.8) is 0 Å². The van der Waals surface area contributed by atoms with Crippen LogP contribution in [0.1, 0.15) is 43.4 Å². The fourth-order valence-electron chi connectivity index (χ4n) is 3.44. The molecule has 1 heterocycles. The Bertz CT molecular complexity index is 607. The van der Waals surface area contributed by atoms with Gasteiger partial charge in [-0.05, 0) is 44.7 Å². The molecule has 0 aliphatic carbocycles. The summed E-state index contributed by atoms with van der Waals surface area (Å²) in [5, 5.41) is 3.50. The van der Waals surface area contributed by atoms with Gasteiger partial charge in [0.2, 0.25) is 10.0 Å². The molecule has 2 rings (SSSR count). The van der Waals surface area contributed by atoms with Crippen LogP contribution < -0.4 is 5.32 Å². The van der Waals surface area contributed by atoms with Crippen molar-refractivity contribution in [2.75, 3.05) is 13.1 Å². The maximum Gasteiger partial charge on any atom is 0.243 e. The Balaban J connectivity index is 2.19. The first-order valence-electron chi connectivity index (χ1n) is 8.06. The second-order valence-corrected chi connectivity index (χ2v) is 8.60. The van der Waals surface area contributed by atoms with Gasteiger partial charge in [-0.3, -0.25) is 0 Å². The molecule has 5 heteroatoms. The summed E-state index contributed by atoms with van der Waals surface area (Å²) in [5.41, 5.74) is 2.80. The fraction of sp³-hybridized carbons (Fsp3) is 0.647. The van der Waals surface area contributed by atoms with Gasteiger partial charge in [0, 0.05) is 25.2 Å². The molecule has 0 unspecified atom stereocenters. The summed E-state index contributed by atoms with van der Waals surface area (Å²) in [6, 6.07) is 4.77. The van der Waals surface area contributed by atoms with Crippen molar-refractivity contribution in [2.24, 2.45) is 0 Å². The molecule has 1 aliphatic heterocycles. The molecular weight excluding hydrogens is 296 g/mol. The zero-order chi connectivity index (χ0) is 16.5. The van der Waals surface area contributed by atoms with E-state index in [1.165, 1.54) is 0 Å². The van der Waals surface area contributed by atoms with Gasteiger partial charge in [0.15, 0.2) is 0 Å². The largest absolute Gasteiger partial charge is 0.312 e. The molecule has 1 aromatic carbocycles. The molecule has 0 aromatic heterocycles. The van der Waals surface area contributed by atoms with E-state index in [1.807, 2.05) is 32.9 Å². The first-order valence-corrected chi connectivity index (χ1v) is 9.50. The Kier molecular flexibility index (Phi) is 5.30. The lowest BCUT2D eigenvalue weighted by atomic mass is 10.1. The number of sulfonamides is 1. The predicted octanol–water partition coefficient (Wildman–Crippen LogP) is 2.76. The van der Waals surface area contributed by atoms with E-state index in [0.29, 0.717) is 30.1 Å². The van der Waals surface area contributed by atoms with Gasteiger partial charge in [-0.2, -0.15) is 4.31 Å². The van der Waals surface area contributed by atoms with Gasteiger partial charge < -0.3 is 5.32 Å². The molecular formula is C17H28N2O2S. The zero-order valence-corrected chi connectivity index (χ0v) is 15.1. The molecule has 0 spiro atoms.